The maximum absolute atomic E-state index is 12.3. The van der Waals surface area contributed by atoms with Crippen molar-refractivity contribution in [3.05, 3.63) is 29.0 Å². The third-order valence-corrected chi connectivity index (χ3v) is 3.47. The third kappa shape index (κ3) is 3.23. The van der Waals surface area contributed by atoms with Gasteiger partial charge in [0.2, 0.25) is 0 Å². The summed E-state index contributed by atoms with van der Waals surface area (Å²) in [7, 11) is 0. The van der Waals surface area contributed by atoms with E-state index in [0.29, 0.717) is 18.0 Å². The molecule has 0 saturated carbocycles. The Balaban J connectivity index is 2.23. The number of hydrogen-bond acceptors (Lipinski definition) is 3. The van der Waals surface area contributed by atoms with Gasteiger partial charge in [0.1, 0.15) is 11.7 Å². The fourth-order valence-corrected chi connectivity index (χ4v) is 2.37. The Hall–Kier alpha value is -1.62. The largest absolute Gasteiger partial charge is 0.480 e. The lowest BCUT2D eigenvalue weighted by Gasteiger charge is -2.26. The molecule has 1 saturated heterocycles. The zero-order valence-electron chi connectivity index (χ0n) is 10.4. The normalized spacial score (nSPS) is 19.8. The minimum atomic E-state index is -0.954. The number of carboxylic acids is 1. The number of carbonyl (C=O) groups excluding carboxylic acids is 1. The summed E-state index contributed by atoms with van der Waals surface area (Å²) in [6.07, 6.45) is 4.48. The minimum Gasteiger partial charge on any atom is -0.480 e. The van der Waals surface area contributed by atoms with Crippen molar-refractivity contribution >= 4 is 23.5 Å². The highest BCUT2D eigenvalue weighted by Crippen LogP contribution is 2.19. The van der Waals surface area contributed by atoms with Crippen molar-refractivity contribution in [1.82, 2.24) is 9.88 Å². The molecule has 0 radical (unpaired) electrons. The molecule has 1 aromatic rings. The number of halogens is 1. The van der Waals surface area contributed by atoms with Crippen molar-refractivity contribution in [2.45, 2.75) is 31.7 Å². The molecule has 0 bridgehead atoms. The standard InChI is InChI=1S/C13H15ClN2O3/c14-9-5-6-10(15-8-9)12(17)16-7-3-1-2-4-11(16)13(18)19/h5-6,8,11H,1-4,7H2,(H,18,19). The van der Waals surface area contributed by atoms with Gasteiger partial charge < -0.3 is 10.0 Å². The van der Waals surface area contributed by atoms with Crippen LogP contribution in [0.5, 0.6) is 0 Å². The number of hydrogen-bond donors (Lipinski definition) is 1. The first-order valence-electron chi connectivity index (χ1n) is 6.25. The van der Waals surface area contributed by atoms with E-state index in [1.807, 2.05) is 0 Å². The molecule has 102 valence electrons. The first-order valence-corrected chi connectivity index (χ1v) is 6.62. The van der Waals surface area contributed by atoms with Gasteiger partial charge in [-0.25, -0.2) is 9.78 Å². The van der Waals surface area contributed by atoms with Crippen molar-refractivity contribution in [3.63, 3.8) is 0 Å². The van der Waals surface area contributed by atoms with Gasteiger partial charge in [-0.2, -0.15) is 0 Å². The van der Waals surface area contributed by atoms with Crippen LogP contribution in [-0.2, 0) is 4.79 Å². The maximum Gasteiger partial charge on any atom is 0.326 e. The average Bonchev–Trinajstić information content (AvgIpc) is 2.64. The SMILES string of the molecule is O=C(O)C1CCCCCN1C(=O)c1ccc(Cl)cn1. The van der Waals surface area contributed by atoms with Crippen molar-refractivity contribution in [2.24, 2.45) is 0 Å². The van der Waals surface area contributed by atoms with E-state index in [1.165, 1.54) is 17.2 Å². The molecule has 0 aliphatic carbocycles. The molecule has 1 aromatic heterocycles. The Labute approximate surface area is 116 Å². The van der Waals surface area contributed by atoms with Gasteiger partial charge in [0, 0.05) is 12.7 Å². The van der Waals surface area contributed by atoms with Crippen LogP contribution in [0.4, 0.5) is 0 Å². The summed E-state index contributed by atoms with van der Waals surface area (Å²) in [5, 5.41) is 9.68. The molecule has 1 aliphatic rings. The maximum atomic E-state index is 12.3. The van der Waals surface area contributed by atoms with Gasteiger partial charge in [-0.1, -0.05) is 24.4 Å². The first-order chi connectivity index (χ1) is 9.09. The zero-order chi connectivity index (χ0) is 13.8. The third-order valence-electron chi connectivity index (χ3n) is 3.25. The van der Waals surface area contributed by atoms with E-state index in [4.69, 9.17) is 11.6 Å². The van der Waals surface area contributed by atoms with E-state index in [1.54, 1.807) is 6.07 Å². The van der Waals surface area contributed by atoms with Crippen LogP contribution in [0, 0.1) is 0 Å². The van der Waals surface area contributed by atoms with Gasteiger partial charge in [0.05, 0.1) is 5.02 Å². The smallest absolute Gasteiger partial charge is 0.326 e. The van der Waals surface area contributed by atoms with Crippen LogP contribution in [0.25, 0.3) is 0 Å². The number of amides is 1. The summed E-state index contributed by atoms with van der Waals surface area (Å²) < 4.78 is 0. The lowest BCUT2D eigenvalue weighted by Crippen LogP contribution is -2.44. The van der Waals surface area contributed by atoms with Crippen molar-refractivity contribution in [1.29, 1.82) is 0 Å². The molecule has 0 spiro atoms. The van der Waals surface area contributed by atoms with Crippen molar-refractivity contribution in [2.75, 3.05) is 6.54 Å². The number of rotatable bonds is 2. The van der Waals surface area contributed by atoms with Gasteiger partial charge in [-0.3, -0.25) is 4.79 Å². The molecule has 2 heterocycles. The highest BCUT2D eigenvalue weighted by molar-refractivity contribution is 6.30. The Bertz CT molecular complexity index is 475. The average molecular weight is 283 g/mol. The van der Waals surface area contributed by atoms with E-state index >= 15 is 0 Å². The van der Waals surface area contributed by atoms with Crippen LogP contribution >= 0.6 is 11.6 Å². The molecular formula is C13H15ClN2O3. The summed E-state index contributed by atoms with van der Waals surface area (Å²) in [5.74, 6) is -1.30. The second-order valence-electron chi connectivity index (χ2n) is 4.56. The molecule has 1 atom stereocenters. The Morgan fingerprint density at radius 1 is 1.32 bits per heavy atom. The molecule has 19 heavy (non-hydrogen) atoms. The van der Waals surface area contributed by atoms with E-state index in [2.05, 4.69) is 4.98 Å². The Kier molecular flexibility index (Phi) is 4.37. The summed E-state index contributed by atoms with van der Waals surface area (Å²) in [6, 6.07) is 2.34. The molecule has 1 fully saturated rings. The van der Waals surface area contributed by atoms with Crippen molar-refractivity contribution < 1.29 is 14.7 Å². The van der Waals surface area contributed by atoms with E-state index in [0.717, 1.165) is 19.3 Å². The van der Waals surface area contributed by atoms with E-state index in [-0.39, 0.29) is 11.6 Å². The number of nitrogens with zero attached hydrogens (tertiary/aromatic N) is 2. The number of aliphatic carboxylic acids is 1. The molecule has 1 amide bonds. The van der Waals surface area contributed by atoms with Gasteiger partial charge in [0.15, 0.2) is 0 Å². The molecule has 1 aliphatic heterocycles. The fourth-order valence-electron chi connectivity index (χ4n) is 2.26. The summed E-state index contributed by atoms with van der Waals surface area (Å²) in [5.41, 5.74) is 0.234. The quantitative estimate of drug-likeness (QED) is 0.903. The zero-order valence-corrected chi connectivity index (χ0v) is 11.1. The summed E-state index contributed by atoms with van der Waals surface area (Å²) in [4.78, 5) is 29.0. The number of pyridine rings is 1. The molecule has 0 aromatic carbocycles. The molecule has 2 rings (SSSR count). The number of carboxylic acid groups (broad SMARTS) is 1. The summed E-state index contributed by atoms with van der Waals surface area (Å²) in [6.45, 7) is 0.458. The lowest BCUT2D eigenvalue weighted by atomic mass is 10.1. The van der Waals surface area contributed by atoms with E-state index in [9.17, 15) is 14.7 Å². The van der Waals surface area contributed by atoms with Gasteiger partial charge >= 0.3 is 5.97 Å². The number of aromatic nitrogens is 1. The number of carbonyl (C=O) groups is 2. The van der Waals surface area contributed by atoms with Crippen molar-refractivity contribution in [3.8, 4) is 0 Å². The molecular weight excluding hydrogens is 268 g/mol. The van der Waals surface area contributed by atoms with Crippen LogP contribution in [0.2, 0.25) is 5.02 Å². The molecule has 5 nitrogen and oxygen atoms in total. The highest BCUT2D eigenvalue weighted by atomic mass is 35.5. The van der Waals surface area contributed by atoms with Gasteiger partial charge in [0.25, 0.3) is 5.91 Å². The van der Waals surface area contributed by atoms with Crippen LogP contribution < -0.4 is 0 Å². The van der Waals surface area contributed by atoms with Crippen LogP contribution in [0.15, 0.2) is 18.3 Å². The van der Waals surface area contributed by atoms with E-state index < -0.39 is 12.0 Å². The number of likely N-dealkylation sites (tertiary alicyclic amines) is 1. The minimum absolute atomic E-state index is 0.234. The predicted octanol–water partition coefficient (Wildman–Crippen LogP) is 2.20. The van der Waals surface area contributed by atoms with Gasteiger partial charge in [-0.15, -0.1) is 0 Å². The molecule has 1 N–H and O–H groups in total. The Morgan fingerprint density at radius 2 is 2.11 bits per heavy atom. The second-order valence-corrected chi connectivity index (χ2v) is 5.00. The van der Waals surface area contributed by atoms with Crippen LogP contribution in [0.3, 0.4) is 0 Å². The lowest BCUT2D eigenvalue weighted by molar-refractivity contribution is -0.142. The molecule has 1 unspecified atom stereocenters. The monoisotopic (exact) mass is 282 g/mol. The second kappa shape index (κ2) is 6.02. The topological polar surface area (TPSA) is 70.5 Å². The Morgan fingerprint density at radius 3 is 2.74 bits per heavy atom. The van der Waals surface area contributed by atoms with Crippen LogP contribution in [-0.4, -0.2) is 39.5 Å². The molecule has 6 heteroatoms. The summed E-state index contributed by atoms with van der Waals surface area (Å²) >= 11 is 5.73. The predicted molar refractivity (Wildman–Crippen MR) is 70.2 cm³/mol. The first kappa shape index (κ1) is 13.8. The van der Waals surface area contributed by atoms with Gasteiger partial charge in [-0.05, 0) is 25.0 Å². The van der Waals surface area contributed by atoms with Crippen LogP contribution in [0.1, 0.15) is 36.2 Å². The fraction of sp³-hybridized carbons (Fsp3) is 0.462. The highest BCUT2D eigenvalue weighted by Gasteiger charge is 2.31.